The van der Waals surface area contributed by atoms with E-state index in [1.165, 1.54) is 0 Å². The highest BCUT2D eigenvalue weighted by Gasteiger charge is 2.24. The number of carbonyl (C=O) groups excluding carboxylic acids is 1. The van der Waals surface area contributed by atoms with E-state index in [-0.39, 0.29) is 18.0 Å². The van der Waals surface area contributed by atoms with Crippen LogP contribution in [0.3, 0.4) is 0 Å². The second-order valence-electron chi connectivity index (χ2n) is 7.57. The van der Waals surface area contributed by atoms with Gasteiger partial charge in [-0.1, -0.05) is 18.2 Å². The van der Waals surface area contributed by atoms with Crippen LogP contribution in [-0.4, -0.2) is 51.6 Å². The zero-order valence-corrected chi connectivity index (χ0v) is 16.5. The second kappa shape index (κ2) is 7.24. The molecule has 2 atom stereocenters. The van der Waals surface area contributed by atoms with Gasteiger partial charge in [-0.05, 0) is 32.4 Å². The minimum Gasteiger partial charge on any atom is -0.355 e. The fourth-order valence-electron chi connectivity index (χ4n) is 3.68. The molecule has 1 fully saturated rings. The molecule has 1 saturated heterocycles. The predicted molar refractivity (Wildman–Crippen MR) is 109 cm³/mol. The smallest absolute Gasteiger partial charge is 0.254 e. The van der Waals surface area contributed by atoms with Crippen LogP contribution in [0.4, 0.5) is 5.82 Å². The lowest BCUT2D eigenvalue weighted by Crippen LogP contribution is -2.29. The van der Waals surface area contributed by atoms with Crippen molar-refractivity contribution in [3.63, 3.8) is 0 Å². The Morgan fingerprint density at radius 2 is 2.07 bits per heavy atom. The fraction of sp³-hybridized carbons (Fsp3) is 0.381. The van der Waals surface area contributed by atoms with Crippen molar-refractivity contribution in [1.29, 1.82) is 0 Å². The first-order valence-corrected chi connectivity index (χ1v) is 9.63. The normalized spacial score (nSPS) is 17.9. The van der Waals surface area contributed by atoms with Gasteiger partial charge in [0.1, 0.15) is 5.82 Å². The molecular weight excluding hydrogens is 352 g/mol. The number of benzene rings is 1. The summed E-state index contributed by atoms with van der Waals surface area (Å²) in [5, 5.41) is 4.67. The Labute approximate surface area is 164 Å². The predicted octanol–water partition coefficient (Wildman–Crippen LogP) is 2.41. The highest BCUT2D eigenvalue weighted by Crippen LogP contribution is 2.25. The van der Waals surface area contributed by atoms with Crippen LogP contribution < -0.4 is 10.6 Å². The number of rotatable bonds is 4. The van der Waals surface area contributed by atoms with Crippen LogP contribution in [0, 0.1) is 6.92 Å². The number of hydrogen-bond acceptors (Lipinski definition) is 5. The molecule has 1 aliphatic heterocycles. The van der Waals surface area contributed by atoms with Gasteiger partial charge in [0.15, 0.2) is 5.65 Å². The van der Waals surface area contributed by atoms with E-state index in [9.17, 15) is 4.79 Å². The number of amides is 1. The number of nitrogens with zero attached hydrogens (tertiary/aromatic N) is 5. The lowest BCUT2D eigenvalue weighted by molar-refractivity contribution is 0.0739. The summed E-state index contributed by atoms with van der Waals surface area (Å²) in [5.74, 6) is 0.939. The summed E-state index contributed by atoms with van der Waals surface area (Å²) in [4.78, 5) is 21.5. The summed E-state index contributed by atoms with van der Waals surface area (Å²) in [6.45, 7) is 5.78. The van der Waals surface area contributed by atoms with E-state index in [0.717, 1.165) is 42.2 Å². The molecule has 2 aromatic heterocycles. The lowest BCUT2D eigenvalue weighted by atomic mass is 10.1. The Kier molecular flexibility index (Phi) is 4.77. The van der Waals surface area contributed by atoms with Crippen LogP contribution in [-0.2, 0) is 0 Å². The fourth-order valence-corrected chi connectivity index (χ4v) is 3.68. The van der Waals surface area contributed by atoms with Crippen LogP contribution in [0.1, 0.15) is 41.0 Å². The van der Waals surface area contributed by atoms with E-state index in [1.807, 2.05) is 56.4 Å². The van der Waals surface area contributed by atoms with E-state index in [2.05, 4.69) is 10.00 Å². The van der Waals surface area contributed by atoms with Crippen molar-refractivity contribution in [2.45, 2.75) is 32.4 Å². The van der Waals surface area contributed by atoms with Crippen molar-refractivity contribution in [2.75, 3.05) is 25.0 Å². The SMILES string of the molecule is Cc1cn2nc([C@H](C)N(C)C(=O)c3ccccc3)cc2nc1N1CC[C@H](N)C1. The van der Waals surface area contributed by atoms with Gasteiger partial charge in [0.05, 0.1) is 11.7 Å². The molecule has 0 aliphatic carbocycles. The summed E-state index contributed by atoms with van der Waals surface area (Å²) in [6, 6.07) is 11.3. The molecule has 7 nitrogen and oxygen atoms in total. The highest BCUT2D eigenvalue weighted by molar-refractivity contribution is 5.94. The van der Waals surface area contributed by atoms with Gasteiger partial charge in [-0.25, -0.2) is 9.50 Å². The molecule has 0 saturated carbocycles. The maximum absolute atomic E-state index is 12.7. The highest BCUT2D eigenvalue weighted by atomic mass is 16.2. The molecular formula is C21H26N6O. The van der Waals surface area contributed by atoms with E-state index < -0.39 is 0 Å². The quantitative estimate of drug-likeness (QED) is 0.754. The van der Waals surface area contributed by atoms with Gasteiger partial charge in [-0.2, -0.15) is 5.10 Å². The summed E-state index contributed by atoms with van der Waals surface area (Å²) in [7, 11) is 1.81. The average molecular weight is 378 g/mol. The summed E-state index contributed by atoms with van der Waals surface area (Å²) in [6.07, 6.45) is 2.98. The van der Waals surface area contributed by atoms with Crippen molar-refractivity contribution in [2.24, 2.45) is 5.73 Å². The number of nitrogens with two attached hydrogens (primary N) is 1. The van der Waals surface area contributed by atoms with Gasteiger partial charge in [0.25, 0.3) is 5.91 Å². The summed E-state index contributed by atoms with van der Waals surface area (Å²) >= 11 is 0. The van der Waals surface area contributed by atoms with Crippen molar-refractivity contribution >= 4 is 17.4 Å². The van der Waals surface area contributed by atoms with Gasteiger partial charge in [-0.15, -0.1) is 0 Å². The zero-order valence-electron chi connectivity index (χ0n) is 16.5. The molecule has 0 radical (unpaired) electrons. The largest absolute Gasteiger partial charge is 0.355 e. The van der Waals surface area contributed by atoms with Gasteiger partial charge in [0, 0.05) is 49.6 Å². The van der Waals surface area contributed by atoms with E-state index in [0.29, 0.717) is 5.56 Å². The summed E-state index contributed by atoms with van der Waals surface area (Å²) in [5.41, 5.74) is 9.39. The van der Waals surface area contributed by atoms with Gasteiger partial charge in [0.2, 0.25) is 0 Å². The van der Waals surface area contributed by atoms with Gasteiger partial charge in [-0.3, -0.25) is 4.79 Å². The number of aromatic nitrogens is 3. The monoisotopic (exact) mass is 378 g/mol. The third-order valence-electron chi connectivity index (χ3n) is 5.50. The molecule has 7 heteroatoms. The number of carbonyl (C=O) groups is 1. The van der Waals surface area contributed by atoms with Crippen LogP contribution in [0.25, 0.3) is 5.65 Å². The Balaban J connectivity index is 1.61. The molecule has 2 N–H and O–H groups in total. The third kappa shape index (κ3) is 3.33. The molecule has 3 heterocycles. The Morgan fingerprint density at radius 3 is 2.75 bits per heavy atom. The maximum atomic E-state index is 12.7. The minimum absolute atomic E-state index is 0.0268. The standard InChI is InChI=1S/C21H26N6O/c1-14-12-27-19(23-20(14)26-10-9-17(22)13-26)11-18(24-27)15(2)25(3)21(28)16-7-5-4-6-8-16/h4-8,11-12,15,17H,9-10,13,22H2,1-3H3/t15-,17-/m0/s1. The molecule has 28 heavy (non-hydrogen) atoms. The van der Waals surface area contributed by atoms with Gasteiger partial charge >= 0.3 is 0 Å². The molecule has 4 rings (SSSR count). The molecule has 1 aliphatic rings. The first-order valence-electron chi connectivity index (χ1n) is 9.63. The first-order chi connectivity index (χ1) is 13.4. The Hall–Kier alpha value is -2.93. The Morgan fingerprint density at radius 1 is 1.32 bits per heavy atom. The van der Waals surface area contributed by atoms with E-state index >= 15 is 0 Å². The molecule has 146 valence electrons. The Bertz CT molecular complexity index is 999. The molecule has 0 bridgehead atoms. The van der Waals surface area contributed by atoms with Crippen LogP contribution in [0.2, 0.25) is 0 Å². The lowest BCUT2D eigenvalue weighted by Gasteiger charge is -2.23. The number of anilines is 1. The van der Waals surface area contributed by atoms with Crippen LogP contribution in [0.5, 0.6) is 0 Å². The summed E-state index contributed by atoms with van der Waals surface area (Å²) < 4.78 is 1.79. The second-order valence-corrected chi connectivity index (χ2v) is 7.57. The number of aryl methyl sites for hydroxylation is 1. The van der Waals surface area contributed by atoms with Crippen LogP contribution in [0.15, 0.2) is 42.6 Å². The maximum Gasteiger partial charge on any atom is 0.254 e. The number of hydrogen-bond donors (Lipinski definition) is 1. The molecule has 0 unspecified atom stereocenters. The molecule has 0 spiro atoms. The van der Waals surface area contributed by atoms with Crippen molar-refractivity contribution in [1.82, 2.24) is 19.5 Å². The minimum atomic E-state index is -0.168. The topological polar surface area (TPSA) is 79.8 Å². The van der Waals surface area contributed by atoms with E-state index in [4.69, 9.17) is 10.7 Å². The van der Waals surface area contributed by atoms with Crippen molar-refractivity contribution in [3.05, 3.63) is 59.4 Å². The van der Waals surface area contributed by atoms with Crippen molar-refractivity contribution in [3.8, 4) is 0 Å². The third-order valence-corrected chi connectivity index (χ3v) is 5.50. The van der Waals surface area contributed by atoms with E-state index in [1.54, 1.807) is 16.5 Å². The molecule has 1 amide bonds. The molecule has 1 aromatic carbocycles. The average Bonchev–Trinajstić information content (AvgIpc) is 3.32. The van der Waals surface area contributed by atoms with Crippen molar-refractivity contribution < 1.29 is 4.79 Å². The van der Waals surface area contributed by atoms with Gasteiger partial charge < -0.3 is 15.5 Å². The first kappa shape index (κ1) is 18.4. The zero-order chi connectivity index (χ0) is 19.8. The number of fused-ring (bicyclic) bond motifs is 1. The van der Waals surface area contributed by atoms with Crippen LogP contribution >= 0.6 is 0 Å². The molecule has 3 aromatic rings.